The molecule has 5 heteroatoms. The summed E-state index contributed by atoms with van der Waals surface area (Å²) < 4.78 is 17.3. The van der Waals surface area contributed by atoms with Crippen molar-refractivity contribution in [3.63, 3.8) is 0 Å². The van der Waals surface area contributed by atoms with Gasteiger partial charge < -0.3 is 14.2 Å². The first-order valence-corrected chi connectivity index (χ1v) is 26.7. The number of rotatable bonds is 47. The second-order valence-electron chi connectivity index (χ2n) is 17.0. The highest BCUT2D eigenvalue weighted by Crippen LogP contribution is 2.12. The van der Waals surface area contributed by atoms with Gasteiger partial charge in [-0.15, -0.1) is 0 Å². The lowest BCUT2D eigenvalue weighted by molar-refractivity contribution is -0.162. The lowest BCUT2D eigenvalue weighted by atomic mass is 10.1. The maximum Gasteiger partial charge on any atom is 0.306 e. The first-order chi connectivity index (χ1) is 32.6. The molecule has 1 unspecified atom stereocenters. The van der Waals surface area contributed by atoms with Crippen LogP contribution in [0.3, 0.4) is 0 Å². The van der Waals surface area contributed by atoms with E-state index in [1.807, 2.05) is 0 Å². The Kier molecular flexibility index (Phi) is 52.0. The van der Waals surface area contributed by atoms with Gasteiger partial charge in [0.25, 0.3) is 0 Å². The molecule has 0 aliphatic rings. The van der Waals surface area contributed by atoms with E-state index in [9.17, 15) is 9.59 Å². The Hall–Kier alpha value is -3.96. The molecule has 1 atom stereocenters. The fourth-order valence-corrected chi connectivity index (χ4v) is 6.74. The van der Waals surface area contributed by atoms with Crippen LogP contribution in [0, 0.1) is 0 Å². The predicted octanol–water partition coefficient (Wildman–Crippen LogP) is 18.3. The quantitative estimate of drug-likeness (QED) is 0.0346. The molecule has 0 heterocycles. The van der Waals surface area contributed by atoms with Crippen molar-refractivity contribution in [2.45, 2.75) is 219 Å². The van der Waals surface area contributed by atoms with E-state index in [2.05, 4.69) is 154 Å². The van der Waals surface area contributed by atoms with Crippen LogP contribution in [0.1, 0.15) is 213 Å². The van der Waals surface area contributed by atoms with Gasteiger partial charge in [0, 0.05) is 19.4 Å². The Balaban J connectivity index is 4.46. The zero-order chi connectivity index (χ0) is 47.7. The number of hydrogen-bond donors (Lipinski definition) is 0. The summed E-state index contributed by atoms with van der Waals surface area (Å²) in [5.74, 6) is -0.525. The highest BCUT2D eigenvalue weighted by atomic mass is 16.6. The molecule has 5 nitrogen and oxygen atoms in total. The third-order valence-electron chi connectivity index (χ3n) is 10.7. The van der Waals surface area contributed by atoms with E-state index >= 15 is 0 Å². The molecule has 0 aromatic heterocycles. The lowest BCUT2D eigenvalue weighted by Gasteiger charge is -2.18. The molecule has 0 rings (SSSR count). The van der Waals surface area contributed by atoms with Crippen molar-refractivity contribution >= 4 is 11.9 Å². The summed E-state index contributed by atoms with van der Waals surface area (Å²) >= 11 is 0. The van der Waals surface area contributed by atoms with E-state index in [-0.39, 0.29) is 25.2 Å². The maximum atomic E-state index is 12.8. The van der Waals surface area contributed by atoms with Crippen LogP contribution in [-0.4, -0.2) is 37.9 Å². The van der Waals surface area contributed by atoms with Crippen molar-refractivity contribution in [3.8, 4) is 0 Å². The van der Waals surface area contributed by atoms with Crippen LogP contribution in [0.25, 0.3) is 0 Å². The summed E-state index contributed by atoms with van der Waals surface area (Å²) in [6.07, 6.45) is 79.0. The second-order valence-corrected chi connectivity index (χ2v) is 17.0. The molecule has 0 bridgehead atoms. The van der Waals surface area contributed by atoms with Crippen molar-refractivity contribution in [2.75, 3.05) is 19.8 Å². The first-order valence-electron chi connectivity index (χ1n) is 26.7. The average Bonchev–Trinajstić information content (AvgIpc) is 3.32. The van der Waals surface area contributed by atoms with Gasteiger partial charge in [0.1, 0.15) is 6.61 Å². The van der Waals surface area contributed by atoms with E-state index in [1.54, 1.807) is 0 Å². The summed E-state index contributed by atoms with van der Waals surface area (Å²) in [4.78, 5) is 25.4. The van der Waals surface area contributed by atoms with Gasteiger partial charge in [-0.2, -0.15) is 0 Å². The van der Waals surface area contributed by atoms with Crippen molar-refractivity contribution in [2.24, 2.45) is 0 Å². The monoisotopic (exact) mass is 911 g/mol. The van der Waals surface area contributed by atoms with Gasteiger partial charge in [-0.25, -0.2) is 0 Å². The van der Waals surface area contributed by atoms with Crippen molar-refractivity contribution in [1.29, 1.82) is 0 Å². The zero-order valence-corrected chi connectivity index (χ0v) is 42.7. The molecule has 0 radical (unpaired) electrons. The van der Waals surface area contributed by atoms with Gasteiger partial charge in [-0.1, -0.05) is 206 Å². The maximum absolute atomic E-state index is 12.8. The summed E-state index contributed by atoms with van der Waals surface area (Å²) in [5, 5.41) is 0. The molecule has 372 valence electrons. The lowest BCUT2D eigenvalue weighted by Crippen LogP contribution is -2.30. The molecule has 0 saturated carbocycles. The SMILES string of the molecule is CC/C=C\C/C=C\C/C=C\C/C=C\C/C=C\CCCC(=O)OCC(COCCCCCCCCCC/C=C\C/C=C\CCCCC)OC(=O)CCCC/C=C\C/C=C\C/C=C\C/C=C\CC. The number of unbranched alkanes of at least 4 members (excludes halogenated alkanes) is 14. The number of carbonyl (C=O) groups excluding carboxylic acids is 2. The van der Waals surface area contributed by atoms with Crippen LogP contribution >= 0.6 is 0 Å². The molecular formula is C61H98O5. The Bertz CT molecular complexity index is 1400. The molecule has 0 amide bonds. The van der Waals surface area contributed by atoms with Crippen LogP contribution < -0.4 is 0 Å². The number of esters is 2. The molecule has 0 fully saturated rings. The summed E-state index contributed by atoms with van der Waals surface area (Å²) in [7, 11) is 0. The Labute approximate surface area is 407 Å². The molecule has 0 aromatic carbocycles. The molecule has 0 aliphatic heterocycles. The third kappa shape index (κ3) is 52.7. The molecule has 0 saturated heterocycles. The van der Waals surface area contributed by atoms with E-state index in [1.165, 1.54) is 70.6 Å². The highest BCUT2D eigenvalue weighted by Gasteiger charge is 2.17. The Morgan fingerprint density at radius 3 is 1.14 bits per heavy atom. The number of ether oxygens (including phenoxy) is 3. The second kappa shape index (κ2) is 55.4. The van der Waals surface area contributed by atoms with Crippen LogP contribution in [0.4, 0.5) is 0 Å². The molecule has 0 aliphatic carbocycles. The topological polar surface area (TPSA) is 61.8 Å². The summed E-state index contributed by atoms with van der Waals surface area (Å²) in [5.41, 5.74) is 0. The van der Waals surface area contributed by atoms with E-state index in [0.29, 0.717) is 19.4 Å². The minimum absolute atomic E-state index is 0.0279. The predicted molar refractivity (Wildman–Crippen MR) is 288 cm³/mol. The van der Waals surface area contributed by atoms with E-state index < -0.39 is 6.10 Å². The zero-order valence-electron chi connectivity index (χ0n) is 42.7. The van der Waals surface area contributed by atoms with Crippen LogP contribution in [0.2, 0.25) is 0 Å². The van der Waals surface area contributed by atoms with Gasteiger partial charge in [0.05, 0.1) is 6.61 Å². The van der Waals surface area contributed by atoms with Gasteiger partial charge in [-0.3, -0.25) is 9.59 Å². The van der Waals surface area contributed by atoms with Gasteiger partial charge >= 0.3 is 11.9 Å². The van der Waals surface area contributed by atoms with E-state index in [0.717, 1.165) is 109 Å². The summed E-state index contributed by atoms with van der Waals surface area (Å²) in [6.45, 7) is 7.44. The van der Waals surface area contributed by atoms with Crippen LogP contribution in [-0.2, 0) is 23.8 Å². The third-order valence-corrected chi connectivity index (χ3v) is 10.7. The van der Waals surface area contributed by atoms with Crippen LogP contribution in [0.15, 0.2) is 134 Å². The molecule has 0 aromatic rings. The minimum atomic E-state index is -0.594. The van der Waals surface area contributed by atoms with Crippen molar-refractivity contribution in [3.05, 3.63) is 134 Å². The fraction of sp³-hybridized carbons (Fsp3) is 0.607. The standard InChI is InChI=1S/C61H98O5/c1-4-7-10-13-16-19-22-25-28-30-32-35-38-41-44-47-50-53-56-64-57-59(66-61(63)55-52-49-46-43-40-37-33-27-24-21-18-15-12-9-6-3)58-65-60(62)54-51-48-45-42-39-36-34-31-29-26-23-20-17-14-11-8-5-2/h8-9,11-12,16-21,25-29,33-34,36,40,42-43,45,59H,4-7,10,13-15,22-24,30-32,35,37-39,41,44,46-58H2,1-3H3/b11-8-,12-9-,19-16-,20-17-,21-18-,28-25-,29-26-,33-27-,36-34-,43-40-,45-42-. The van der Waals surface area contributed by atoms with Crippen LogP contribution in [0.5, 0.6) is 0 Å². The fourth-order valence-electron chi connectivity index (χ4n) is 6.74. The van der Waals surface area contributed by atoms with Crippen molar-refractivity contribution in [1.82, 2.24) is 0 Å². The van der Waals surface area contributed by atoms with Gasteiger partial charge in [-0.05, 0) is 128 Å². The molecule has 66 heavy (non-hydrogen) atoms. The largest absolute Gasteiger partial charge is 0.462 e. The number of carbonyl (C=O) groups is 2. The molecule has 0 spiro atoms. The average molecular weight is 911 g/mol. The Morgan fingerprint density at radius 1 is 0.348 bits per heavy atom. The van der Waals surface area contributed by atoms with Gasteiger partial charge in [0.15, 0.2) is 6.10 Å². The van der Waals surface area contributed by atoms with Crippen molar-refractivity contribution < 1.29 is 23.8 Å². The first kappa shape index (κ1) is 62.0. The summed E-state index contributed by atoms with van der Waals surface area (Å²) in [6, 6.07) is 0. The van der Waals surface area contributed by atoms with E-state index in [4.69, 9.17) is 14.2 Å². The minimum Gasteiger partial charge on any atom is -0.462 e. The smallest absolute Gasteiger partial charge is 0.306 e. The molecular weight excluding hydrogens is 813 g/mol. The normalized spacial score (nSPS) is 13.3. The Morgan fingerprint density at radius 2 is 0.697 bits per heavy atom. The number of hydrogen-bond acceptors (Lipinski definition) is 5. The van der Waals surface area contributed by atoms with Gasteiger partial charge in [0.2, 0.25) is 0 Å². The number of allylic oxidation sites excluding steroid dienone is 22. The molecule has 0 N–H and O–H groups in total. The highest BCUT2D eigenvalue weighted by molar-refractivity contribution is 5.70.